The van der Waals surface area contributed by atoms with E-state index in [9.17, 15) is 13.6 Å². The van der Waals surface area contributed by atoms with Crippen molar-refractivity contribution in [1.29, 1.82) is 0 Å². The molecule has 0 unspecified atom stereocenters. The quantitative estimate of drug-likeness (QED) is 0.847. The molecule has 1 aliphatic carbocycles. The van der Waals surface area contributed by atoms with E-state index in [0.29, 0.717) is 5.56 Å². The van der Waals surface area contributed by atoms with E-state index in [1.54, 1.807) is 0 Å². The van der Waals surface area contributed by atoms with Gasteiger partial charge in [-0.25, -0.2) is 8.78 Å². The Bertz CT molecular complexity index is 505. The zero-order valence-corrected chi connectivity index (χ0v) is 11.0. The van der Waals surface area contributed by atoms with Gasteiger partial charge in [0.15, 0.2) is 0 Å². The highest BCUT2D eigenvalue weighted by Gasteiger charge is 2.68. The van der Waals surface area contributed by atoms with Crippen LogP contribution in [0.4, 0.5) is 8.78 Å². The molecular weight excluding hydrogens is 308 g/mol. The lowest BCUT2D eigenvalue weighted by molar-refractivity contribution is -0.138. The molecule has 0 bridgehead atoms. The zero-order chi connectivity index (χ0) is 13.7. The summed E-state index contributed by atoms with van der Waals surface area (Å²) in [5.74, 6) is -2.71. The molecule has 0 aromatic heterocycles. The van der Waals surface area contributed by atoms with Crippen molar-refractivity contribution in [1.82, 2.24) is 0 Å². The van der Waals surface area contributed by atoms with E-state index in [1.807, 2.05) is 0 Å². The lowest BCUT2D eigenvalue weighted by atomic mass is 10.1. The number of benzene rings is 1. The summed E-state index contributed by atoms with van der Waals surface area (Å²) in [5, 5.41) is 8.79. The molecule has 0 heterocycles. The van der Waals surface area contributed by atoms with Gasteiger partial charge in [0.1, 0.15) is 4.33 Å². The summed E-state index contributed by atoms with van der Waals surface area (Å²) in [4.78, 5) is 10.9. The maximum absolute atomic E-state index is 12.5. The highest BCUT2D eigenvalue weighted by atomic mass is 35.5. The molecule has 0 spiro atoms. The highest BCUT2D eigenvalue weighted by Crippen LogP contribution is 2.65. The second-order valence-corrected chi connectivity index (χ2v) is 5.90. The fourth-order valence-electron chi connectivity index (χ4n) is 1.96. The van der Waals surface area contributed by atoms with Gasteiger partial charge in [-0.3, -0.25) is 4.79 Å². The van der Waals surface area contributed by atoms with Crippen LogP contribution in [0.1, 0.15) is 23.5 Å². The molecule has 0 amide bonds. The lowest BCUT2D eigenvalue weighted by Crippen LogP contribution is -2.03. The van der Waals surface area contributed by atoms with Gasteiger partial charge in [-0.05, 0) is 11.6 Å². The third kappa shape index (κ3) is 2.17. The van der Waals surface area contributed by atoms with Crippen LogP contribution in [0.5, 0.6) is 0 Å². The molecule has 0 aliphatic heterocycles. The molecule has 0 radical (unpaired) electrons. The van der Waals surface area contributed by atoms with Crippen LogP contribution in [-0.2, 0) is 4.79 Å². The number of hydrogen-bond acceptors (Lipinski definition) is 1. The van der Waals surface area contributed by atoms with Crippen molar-refractivity contribution >= 4 is 40.8 Å². The number of hydrogen-bond donors (Lipinski definition) is 1. The summed E-state index contributed by atoms with van der Waals surface area (Å²) in [6, 6.07) is 3.82. The van der Waals surface area contributed by atoms with Crippen LogP contribution in [-0.4, -0.2) is 15.4 Å². The molecule has 1 aliphatic rings. The van der Waals surface area contributed by atoms with E-state index in [2.05, 4.69) is 0 Å². The molecule has 0 saturated heterocycles. The van der Waals surface area contributed by atoms with Crippen LogP contribution >= 0.6 is 34.8 Å². The average molecular weight is 316 g/mol. The number of aliphatic carboxylic acids is 1. The molecule has 1 fully saturated rings. The van der Waals surface area contributed by atoms with Gasteiger partial charge < -0.3 is 5.11 Å². The van der Waals surface area contributed by atoms with E-state index in [1.165, 1.54) is 12.1 Å². The number of halogens is 5. The van der Waals surface area contributed by atoms with Gasteiger partial charge in [0, 0.05) is 16.5 Å². The third-order valence-corrected chi connectivity index (χ3v) is 4.21. The first kappa shape index (κ1) is 13.8. The van der Waals surface area contributed by atoms with Crippen LogP contribution < -0.4 is 0 Å². The molecule has 2 nitrogen and oxygen atoms in total. The van der Waals surface area contributed by atoms with Gasteiger partial charge in [0.25, 0.3) is 6.43 Å². The molecule has 2 rings (SSSR count). The first-order chi connectivity index (χ1) is 8.26. The molecule has 2 atom stereocenters. The van der Waals surface area contributed by atoms with Crippen molar-refractivity contribution in [3.8, 4) is 0 Å². The van der Waals surface area contributed by atoms with Crippen molar-refractivity contribution in [2.45, 2.75) is 16.7 Å². The topological polar surface area (TPSA) is 37.3 Å². The molecule has 1 aromatic rings. The van der Waals surface area contributed by atoms with E-state index in [4.69, 9.17) is 39.9 Å². The minimum Gasteiger partial charge on any atom is -0.481 e. The Morgan fingerprint density at radius 3 is 2.39 bits per heavy atom. The highest BCUT2D eigenvalue weighted by molar-refractivity contribution is 6.53. The predicted octanol–water partition coefficient (Wildman–Crippen LogP) is 4.25. The average Bonchev–Trinajstić information content (AvgIpc) is 2.81. The molecule has 98 valence electrons. The maximum atomic E-state index is 12.5. The fraction of sp³-hybridized carbons (Fsp3) is 0.364. The monoisotopic (exact) mass is 314 g/mol. The summed E-state index contributed by atoms with van der Waals surface area (Å²) in [6.45, 7) is 0. The Hall–Kier alpha value is -0.580. The normalized spacial score (nSPS) is 25.2. The van der Waals surface area contributed by atoms with Gasteiger partial charge >= 0.3 is 5.97 Å². The van der Waals surface area contributed by atoms with Gasteiger partial charge in [0.05, 0.1) is 5.92 Å². The van der Waals surface area contributed by atoms with E-state index < -0.39 is 28.6 Å². The summed E-state index contributed by atoms with van der Waals surface area (Å²) in [5.41, 5.74) is 0.143. The standard InChI is InChI=1S/C11H7Cl3F2O2/c12-6-3-4(1-2-5(6)9(15)16)7-8(10(17)18)11(7,13)14/h1-3,7-9H,(H,17,18)/t7-,8+/m0/s1. The second kappa shape index (κ2) is 4.51. The van der Waals surface area contributed by atoms with Gasteiger partial charge in [-0.1, -0.05) is 46.9 Å². The van der Waals surface area contributed by atoms with Gasteiger partial charge in [-0.2, -0.15) is 0 Å². The van der Waals surface area contributed by atoms with Gasteiger partial charge in [0.2, 0.25) is 0 Å². The van der Waals surface area contributed by atoms with Crippen LogP contribution in [0.15, 0.2) is 18.2 Å². The van der Waals surface area contributed by atoms with Crippen molar-refractivity contribution < 1.29 is 18.7 Å². The fourth-order valence-corrected chi connectivity index (χ4v) is 3.05. The van der Waals surface area contributed by atoms with Crippen LogP contribution in [0.25, 0.3) is 0 Å². The van der Waals surface area contributed by atoms with Crippen molar-refractivity contribution in [3.63, 3.8) is 0 Å². The van der Waals surface area contributed by atoms with E-state index in [-0.39, 0.29) is 10.6 Å². The van der Waals surface area contributed by atoms with Crippen molar-refractivity contribution in [2.24, 2.45) is 5.92 Å². The lowest BCUT2D eigenvalue weighted by Gasteiger charge is -2.06. The van der Waals surface area contributed by atoms with E-state index in [0.717, 1.165) is 6.07 Å². The summed E-state index contributed by atoms with van der Waals surface area (Å²) in [6.07, 6.45) is -2.68. The Morgan fingerprint density at radius 2 is 2.00 bits per heavy atom. The SMILES string of the molecule is O=C(O)[C@H]1[C@H](c2ccc(C(F)F)c(Cl)c2)C1(Cl)Cl. The number of carbonyl (C=O) groups is 1. The van der Waals surface area contributed by atoms with E-state index >= 15 is 0 Å². The number of alkyl halides is 4. The van der Waals surface area contributed by atoms with Crippen LogP contribution in [0.2, 0.25) is 5.02 Å². The molecule has 1 aromatic carbocycles. The molecule has 1 N–H and O–H groups in total. The molecule has 1 saturated carbocycles. The number of carboxylic acid groups (broad SMARTS) is 1. The zero-order valence-electron chi connectivity index (χ0n) is 8.71. The summed E-state index contributed by atoms with van der Waals surface area (Å²) >= 11 is 17.4. The van der Waals surface area contributed by atoms with Crippen LogP contribution in [0.3, 0.4) is 0 Å². The smallest absolute Gasteiger partial charge is 0.310 e. The third-order valence-electron chi connectivity index (χ3n) is 2.94. The first-order valence-corrected chi connectivity index (χ1v) is 6.08. The predicted molar refractivity (Wildman–Crippen MR) is 64.7 cm³/mol. The minimum atomic E-state index is -2.68. The first-order valence-electron chi connectivity index (χ1n) is 4.95. The second-order valence-electron chi connectivity index (χ2n) is 4.05. The van der Waals surface area contributed by atoms with Crippen molar-refractivity contribution in [3.05, 3.63) is 34.3 Å². The Morgan fingerprint density at radius 1 is 1.39 bits per heavy atom. The Kier molecular flexibility index (Phi) is 3.47. The van der Waals surface area contributed by atoms with Gasteiger partial charge in [-0.15, -0.1) is 0 Å². The molecule has 18 heavy (non-hydrogen) atoms. The summed E-state index contributed by atoms with van der Waals surface area (Å²) < 4.78 is 23.6. The number of carboxylic acids is 1. The largest absolute Gasteiger partial charge is 0.481 e. The molecular formula is C11H7Cl3F2O2. The molecule has 7 heteroatoms. The Balaban J connectivity index is 2.32. The van der Waals surface area contributed by atoms with Crippen molar-refractivity contribution in [2.75, 3.05) is 0 Å². The summed E-state index contributed by atoms with van der Waals surface area (Å²) in [7, 11) is 0. The van der Waals surface area contributed by atoms with Crippen LogP contribution in [0, 0.1) is 5.92 Å². The maximum Gasteiger partial charge on any atom is 0.310 e. The number of rotatable bonds is 3. The minimum absolute atomic E-state index is 0.123. The Labute approximate surface area is 116 Å².